The fourth-order valence-electron chi connectivity index (χ4n) is 5.18. The van der Waals surface area contributed by atoms with E-state index in [0.717, 1.165) is 16.5 Å². The average molecular weight is 467 g/mol. The summed E-state index contributed by atoms with van der Waals surface area (Å²) in [6.07, 6.45) is 1.30. The minimum absolute atomic E-state index is 0.0257. The summed E-state index contributed by atoms with van der Waals surface area (Å²) in [5, 5.41) is 12.6. The summed E-state index contributed by atoms with van der Waals surface area (Å²) < 4.78 is 30.8. The lowest BCUT2D eigenvalue weighted by atomic mass is 9.89. The SMILES string of the molecule is Cc1cc(=O)c(O)c2n1N(C1c3ccccc3SCc3c1ccc(F)c3F)CC1(CC1)C2=O. The summed E-state index contributed by atoms with van der Waals surface area (Å²) in [7, 11) is 0. The van der Waals surface area contributed by atoms with Crippen LogP contribution in [0.25, 0.3) is 0 Å². The van der Waals surface area contributed by atoms with Crippen LogP contribution in [-0.2, 0) is 5.75 Å². The molecule has 2 aliphatic heterocycles. The van der Waals surface area contributed by atoms with E-state index >= 15 is 0 Å². The zero-order valence-corrected chi connectivity index (χ0v) is 18.6. The molecular weight excluding hydrogens is 446 g/mol. The predicted octanol–water partition coefficient (Wildman–Crippen LogP) is 4.45. The topological polar surface area (TPSA) is 62.5 Å². The van der Waals surface area contributed by atoms with Gasteiger partial charge < -0.3 is 5.11 Å². The van der Waals surface area contributed by atoms with Crippen molar-refractivity contribution in [3.05, 3.63) is 92.4 Å². The van der Waals surface area contributed by atoms with E-state index in [0.29, 0.717) is 30.6 Å². The van der Waals surface area contributed by atoms with Gasteiger partial charge in [0.1, 0.15) is 0 Å². The molecule has 1 fully saturated rings. The third-order valence-electron chi connectivity index (χ3n) is 7.03. The molecule has 168 valence electrons. The quantitative estimate of drug-likeness (QED) is 0.574. The molecule has 6 rings (SSSR count). The van der Waals surface area contributed by atoms with E-state index in [1.807, 2.05) is 29.3 Å². The van der Waals surface area contributed by atoms with E-state index in [1.165, 1.54) is 17.8 Å². The Labute approximate surface area is 192 Å². The van der Waals surface area contributed by atoms with E-state index in [4.69, 9.17) is 0 Å². The number of thioether (sulfide) groups is 1. The molecule has 3 heterocycles. The highest BCUT2D eigenvalue weighted by Crippen LogP contribution is 2.54. The van der Waals surface area contributed by atoms with Crippen molar-refractivity contribution in [2.45, 2.75) is 36.5 Å². The molecule has 33 heavy (non-hydrogen) atoms. The van der Waals surface area contributed by atoms with Gasteiger partial charge in [0.15, 0.2) is 28.9 Å². The van der Waals surface area contributed by atoms with E-state index in [2.05, 4.69) is 0 Å². The molecule has 0 radical (unpaired) electrons. The molecule has 1 N–H and O–H groups in total. The molecular formula is C25H20F2N2O3S. The van der Waals surface area contributed by atoms with Crippen LogP contribution in [0.4, 0.5) is 8.78 Å². The number of ketones is 1. The van der Waals surface area contributed by atoms with E-state index < -0.39 is 34.3 Å². The van der Waals surface area contributed by atoms with E-state index in [-0.39, 0.29) is 22.8 Å². The van der Waals surface area contributed by atoms with Gasteiger partial charge in [0.05, 0.1) is 11.5 Å². The second kappa shape index (κ2) is 6.93. The number of benzene rings is 2. The fraction of sp³-hybridized carbons (Fsp3) is 0.280. The number of hydrogen-bond donors (Lipinski definition) is 1. The highest BCUT2D eigenvalue weighted by Gasteiger charge is 2.57. The predicted molar refractivity (Wildman–Crippen MR) is 120 cm³/mol. The summed E-state index contributed by atoms with van der Waals surface area (Å²) in [6, 6.07) is 11.2. The molecule has 3 aliphatic rings. The van der Waals surface area contributed by atoms with Gasteiger partial charge in [-0.05, 0) is 43.0 Å². The number of halogens is 2. The van der Waals surface area contributed by atoms with Crippen LogP contribution in [0.1, 0.15) is 51.8 Å². The van der Waals surface area contributed by atoms with Gasteiger partial charge in [0.2, 0.25) is 5.43 Å². The fourth-order valence-corrected chi connectivity index (χ4v) is 6.30. The van der Waals surface area contributed by atoms with Crippen LogP contribution in [0.3, 0.4) is 0 Å². The number of fused-ring (bicyclic) bond motifs is 3. The zero-order valence-electron chi connectivity index (χ0n) is 17.8. The Morgan fingerprint density at radius 2 is 1.85 bits per heavy atom. The van der Waals surface area contributed by atoms with Crippen molar-refractivity contribution < 1.29 is 18.7 Å². The smallest absolute Gasteiger partial charge is 0.224 e. The zero-order chi connectivity index (χ0) is 23.1. The number of aromatic nitrogens is 1. The van der Waals surface area contributed by atoms with Crippen molar-refractivity contribution in [2.75, 3.05) is 11.6 Å². The summed E-state index contributed by atoms with van der Waals surface area (Å²) in [4.78, 5) is 26.7. The van der Waals surface area contributed by atoms with Crippen LogP contribution in [0.5, 0.6) is 5.75 Å². The maximum atomic E-state index is 15.0. The van der Waals surface area contributed by atoms with Crippen LogP contribution in [0.2, 0.25) is 0 Å². The van der Waals surface area contributed by atoms with Gasteiger partial charge >= 0.3 is 0 Å². The lowest BCUT2D eigenvalue weighted by Gasteiger charge is -2.44. The number of aryl methyl sites for hydroxylation is 1. The molecule has 5 nitrogen and oxygen atoms in total. The van der Waals surface area contributed by atoms with Gasteiger partial charge in [-0.25, -0.2) is 8.78 Å². The molecule has 0 bridgehead atoms. The highest BCUT2D eigenvalue weighted by molar-refractivity contribution is 7.98. The van der Waals surface area contributed by atoms with Crippen molar-refractivity contribution >= 4 is 17.5 Å². The Balaban J connectivity index is 1.68. The number of nitrogens with zero attached hydrogens (tertiary/aromatic N) is 2. The Kier molecular flexibility index (Phi) is 4.30. The summed E-state index contributed by atoms with van der Waals surface area (Å²) in [6.45, 7) is 2.06. The van der Waals surface area contributed by atoms with Crippen LogP contribution < -0.4 is 10.4 Å². The summed E-state index contributed by atoms with van der Waals surface area (Å²) in [5.41, 5.74) is 0.978. The summed E-state index contributed by atoms with van der Waals surface area (Å²) in [5.74, 6) is -2.30. The molecule has 2 aromatic carbocycles. The number of hydrogen-bond acceptors (Lipinski definition) is 5. The monoisotopic (exact) mass is 466 g/mol. The molecule has 1 spiro atoms. The average Bonchev–Trinajstić information content (AvgIpc) is 3.59. The Morgan fingerprint density at radius 1 is 1.09 bits per heavy atom. The largest absolute Gasteiger partial charge is 0.503 e. The molecule has 1 aliphatic carbocycles. The number of rotatable bonds is 1. The first-order chi connectivity index (χ1) is 15.8. The van der Waals surface area contributed by atoms with Gasteiger partial charge in [0.25, 0.3) is 0 Å². The van der Waals surface area contributed by atoms with Gasteiger partial charge in [-0.2, -0.15) is 0 Å². The van der Waals surface area contributed by atoms with Crippen molar-refractivity contribution in [1.29, 1.82) is 0 Å². The normalized spacial score (nSPS) is 20.2. The Hall–Kier alpha value is -3.13. The van der Waals surface area contributed by atoms with Crippen LogP contribution in [0.15, 0.2) is 52.2 Å². The molecule has 8 heteroatoms. The van der Waals surface area contributed by atoms with Crippen molar-refractivity contribution in [2.24, 2.45) is 5.41 Å². The van der Waals surface area contributed by atoms with Crippen molar-refractivity contribution in [3.63, 3.8) is 0 Å². The standard InChI is InChI=1S/C25H20F2N2O3S/c1-13-10-18(30)23(31)22-24(32)25(8-9-25)12-28(29(13)22)21-14-6-7-17(26)20(27)16(14)11-33-19-5-3-2-4-15(19)21/h2-7,10,21,31H,8-9,11-12H2,1H3. The first-order valence-electron chi connectivity index (χ1n) is 10.8. The molecule has 3 aromatic rings. The number of Topliss-reactive ketones (excluding diaryl/α,β-unsaturated/α-hetero) is 1. The molecule has 0 amide bonds. The number of carbonyl (C=O) groups excluding carboxylic acids is 1. The molecule has 0 saturated heterocycles. The highest BCUT2D eigenvalue weighted by atomic mass is 32.2. The van der Waals surface area contributed by atoms with Gasteiger partial charge in [-0.1, -0.05) is 24.3 Å². The lowest BCUT2D eigenvalue weighted by molar-refractivity contribution is 0.0855. The van der Waals surface area contributed by atoms with Crippen LogP contribution in [-0.4, -0.2) is 22.1 Å². The minimum Gasteiger partial charge on any atom is -0.503 e. The molecule has 1 aromatic heterocycles. The Morgan fingerprint density at radius 3 is 2.61 bits per heavy atom. The van der Waals surface area contributed by atoms with Crippen molar-refractivity contribution in [3.8, 4) is 5.75 Å². The molecule has 1 unspecified atom stereocenters. The number of carbonyl (C=O) groups is 1. The van der Waals surface area contributed by atoms with Gasteiger partial charge in [-0.3, -0.25) is 19.3 Å². The first-order valence-corrected chi connectivity index (χ1v) is 11.8. The third kappa shape index (κ3) is 2.83. The van der Waals surface area contributed by atoms with Crippen LogP contribution in [0, 0.1) is 24.0 Å². The van der Waals surface area contributed by atoms with E-state index in [1.54, 1.807) is 17.7 Å². The maximum Gasteiger partial charge on any atom is 0.224 e. The minimum atomic E-state index is -0.899. The first kappa shape index (κ1) is 20.5. The Bertz CT molecular complexity index is 1410. The molecule has 1 atom stereocenters. The lowest BCUT2D eigenvalue weighted by Crippen LogP contribution is -2.52. The second-order valence-electron chi connectivity index (χ2n) is 9.02. The maximum absolute atomic E-state index is 15.0. The molecule has 1 saturated carbocycles. The van der Waals surface area contributed by atoms with E-state index in [9.17, 15) is 23.5 Å². The summed E-state index contributed by atoms with van der Waals surface area (Å²) >= 11 is 1.44. The van der Waals surface area contributed by atoms with Crippen LogP contribution >= 0.6 is 11.8 Å². The van der Waals surface area contributed by atoms with Crippen molar-refractivity contribution in [1.82, 2.24) is 4.68 Å². The number of pyridine rings is 1. The second-order valence-corrected chi connectivity index (χ2v) is 10.0. The third-order valence-corrected chi connectivity index (χ3v) is 8.14. The number of aromatic hydroxyl groups is 1. The van der Waals surface area contributed by atoms with Gasteiger partial charge in [-0.15, -0.1) is 11.8 Å². The van der Waals surface area contributed by atoms with Gasteiger partial charge in [0, 0.05) is 34.5 Å².